The van der Waals surface area contributed by atoms with Gasteiger partial charge in [0, 0.05) is 24.4 Å². The summed E-state index contributed by atoms with van der Waals surface area (Å²) in [5.74, 6) is -0.714. The van der Waals surface area contributed by atoms with E-state index in [4.69, 9.17) is 11.6 Å². The van der Waals surface area contributed by atoms with Crippen LogP contribution in [0.5, 0.6) is 0 Å². The van der Waals surface area contributed by atoms with Crippen molar-refractivity contribution in [3.63, 3.8) is 0 Å². The monoisotopic (exact) mass is 473 g/mol. The van der Waals surface area contributed by atoms with Crippen molar-refractivity contribution in [2.45, 2.75) is 44.6 Å². The fourth-order valence-corrected chi connectivity index (χ4v) is 4.08. The van der Waals surface area contributed by atoms with Gasteiger partial charge in [-0.05, 0) is 48.4 Å². The second-order valence-electron chi connectivity index (χ2n) is 8.19. The minimum Gasteiger partial charge on any atom is -0.306 e. The molecule has 1 aliphatic carbocycles. The summed E-state index contributed by atoms with van der Waals surface area (Å²) in [6.45, 7) is 0.319. The lowest BCUT2D eigenvalue weighted by molar-refractivity contribution is 0.0976. The molecule has 3 heterocycles. The number of ketones is 1. The van der Waals surface area contributed by atoms with Crippen molar-refractivity contribution in [1.29, 1.82) is 0 Å². The van der Waals surface area contributed by atoms with Crippen LogP contribution < -0.4 is 0 Å². The molecule has 33 heavy (non-hydrogen) atoms. The topological polar surface area (TPSA) is 65.1 Å². The Balaban J connectivity index is 1.27. The van der Waals surface area contributed by atoms with E-state index >= 15 is 0 Å². The normalized spacial score (nSPS) is 13.8. The Labute approximate surface area is 192 Å². The second-order valence-corrected chi connectivity index (χ2v) is 8.60. The maximum absolute atomic E-state index is 14.3. The van der Waals surface area contributed by atoms with Crippen molar-refractivity contribution in [3.8, 4) is 0 Å². The number of rotatable bonds is 8. The standard InChI is InChI=1S/C23H19ClF3N5O/c24-18-6-4-17(23(26)27)16(22(18)25)5-7-20(33)19-12-32(30-29-19)11-15-10-31-9-14(13-1-2-13)3-8-21(31)28-15/h3-4,6,8-10,12-13,23H,1-2,5,7,11H2. The molecule has 6 nitrogen and oxygen atoms in total. The molecule has 170 valence electrons. The van der Waals surface area contributed by atoms with Gasteiger partial charge in [-0.25, -0.2) is 22.8 Å². The van der Waals surface area contributed by atoms with Crippen molar-refractivity contribution in [1.82, 2.24) is 24.4 Å². The van der Waals surface area contributed by atoms with Crippen molar-refractivity contribution in [3.05, 3.63) is 81.8 Å². The Morgan fingerprint density at radius 2 is 1.97 bits per heavy atom. The average molecular weight is 474 g/mol. The van der Waals surface area contributed by atoms with Crippen LogP contribution in [-0.4, -0.2) is 30.2 Å². The number of Topliss-reactive ketones (excluding diaryl/α,β-unsaturated/α-hetero) is 1. The number of aromatic nitrogens is 5. The molecule has 1 saturated carbocycles. The zero-order valence-electron chi connectivity index (χ0n) is 17.4. The smallest absolute Gasteiger partial charge is 0.264 e. The van der Waals surface area contributed by atoms with Crippen molar-refractivity contribution < 1.29 is 18.0 Å². The molecule has 1 fully saturated rings. The Hall–Kier alpha value is -3.20. The first-order valence-electron chi connectivity index (χ1n) is 10.5. The molecule has 0 aliphatic heterocycles. The van der Waals surface area contributed by atoms with E-state index in [-0.39, 0.29) is 29.1 Å². The average Bonchev–Trinajstić information content (AvgIpc) is 3.40. The van der Waals surface area contributed by atoms with Crippen LogP contribution in [-0.2, 0) is 13.0 Å². The maximum atomic E-state index is 14.3. The zero-order valence-corrected chi connectivity index (χ0v) is 18.1. The van der Waals surface area contributed by atoms with Crippen LogP contribution in [0.3, 0.4) is 0 Å². The molecule has 3 aromatic heterocycles. The highest BCUT2D eigenvalue weighted by molar-refractivity contribution is 6.30. The van der Waals surface area contributed by atoms with Crippen LogP contribution >= 0.6 is 11.6 Å². The lowest BCUT2D eigenvalue weighted by Gasteiger charge is -2.10. The van der Waals surface area contributed by atoms with Crippen molar-refractivity contribution in [2.24, 2.45) is 0 Å². The number of fused-ring (bicyclic) bond motifs is 1. The third-order valence-corrected chi connectivity index (χ3v) is 6.08. The fourth-order valence-electron chi connectivity index (χ4n) is 3.90. The Morgan fingerprint density at radius 3 is 2.73 bits per heavy atom. The van der Waals surface area contributed by atoms with Crippen LogP contribution in [0.1, 0.15) is 64.5 Å². The van der Waals surface area contributed by atoms with Crippen LogP contribution in [0.4, 0.5) is 13.2 Å². The van der Waals surface area contributed by atoms with Crippen LogP contribution in [0.15, 0.2) is 42.9 Å². The molecule has 1 aromatic carbocycles. The van der Waals surface area contributed by atoms with Crippen LogP contribution in [0.2, 0.25) is 5.02 Å². The molecule has 0 amide bonds. The molecule has 4 aromatic rings. The molecule has 0 radical (unpaired) electrons. The Bertz CT molecular complexity index is 1350. The van der Waals surface area contributed by atoms with Gasteiger partial charge in [-0.3, -0.25) is 4.79 Å². The van der Waals surface area contributed by atoms with E-state index in [0.717, 1.165) is 23.5 Å². The van der Waals surface area contributed by atoms with Gasteiger partial charge in [0.25, 0.3) is 6.43 Å². The number of pyridine rings is 1. The summed E-state index contributed by atoms with van der Waals surface area (Å²) < 4.78 is 44.2. The lowest BCUT2D eigenvalue weighted by Crippen LogP contribution is -2.06. The maximum Gasteiger partial charge on any atom is 0.264 e. The van der Waals surface area contributed by atoms with Gasteiger partial charge in [0.15, 0.2) is 5.78 Å². The number of carbonyl (C=O) groups excluding carboxylic acids is 1. The highest BCUT2D eigenvalue weighted by atomic mass is 35.5. The number of carbonyl (C=O) groups is 1. The molecule has 5 rings (SSSR count). The van der Waals surface area contributed by atoms with E-state index in [1.807, 2.05) is 16.7 Å². The predicted molar refractivity (Wildman–Crippen MR) is 115 cm³/mol. The number of alkyl halides is 2. The quantitative estimate of drug-likeness (QED) is 0.321. The van der Waals surface area contributed by atoms with Crippen LogP contribution in [0.25, 0.3) is 5.65 Å². The summed E-state index contributed by atoms with van der Waals surface area (Å²) in [5, 5.41) is 7.60. The Morgan fingerprint density at radius 1 is 1.15 bits per heavy atom. The van der Waals surface area contributed by atoms with Gasteiger partial charge in [0.1, 0.15) is 17.2 Å². The van der Waals surface area contributed by atoms with E-state index < -0.39 is 23.6 Å². The highest BCUT2D eigenvalue weighted by Gasteiger charge is 2.24. The molecule has 0 unspecified atom stereocenters. The van der Waals surface area contributed by atoms with E-state index in [1.54, 1.807) is 0 Å². The largest absolute Gasteiger partial charge is 0.306 e. The minimum absolute atomic E-state index is 0.0795. The molecular weight excluding hydrogens is 455 g/mol. The fraction of sp³-hybridized carbons (Fsp3) is 0.304. The molecular formula is C23H19ClF3N5O. The molecule has 0 atom stereocenters. The van der Waals surface area contributed by atoms with E-state index in [9.17, 15) is 18.0 Å². The molecule has 10 heteroatoms. The first kappa shape index (κ1) is 21.6. The first-order chi connectivity index (χ1) is 15.9. The number of hydrogen-bond donors (Lipinski definition) is 0. The third kappa shape index (κ3) is 4.50. The lowest BCUT2D eigenvalue weighted by atomic mass is 10.0. The number of halogens is 4. The van der Waals surface area contributed by atoms with Gasteiger partial charge < -0.3 is 4.40 Å². The SMILES string of the molecule is O=C(CCc1c(C(F)F)ccc(Cl)c1F)c1cn(Cc2cn3cc(C4CC4)ccc3n2)nn1. The van der Waals surface area contributed by atoms with Crippen LogP contribution in [0, 0.1) is 5.82 Å². The molecule has 1 aliphatic rings. The highest BCUT2D eigenvalue weighted by Crippen LogP contribution is 2.39. The van der Waals surface area contributed by atoms with Crippen molar-refractivity contribution >= 4 is 23.0 Å². The summed E-state index contributed by atoms with van der Waals surface area (Å²) in [6, 6.07) is 6.24. The van der Waals surface area contributed by atoms with Gasteiger partial charge in [0.2, 0.25) is 0 Å². The van der Waals surface area contributed by atoms with Gasteiger partial charge in [-0.1, -0.05) is 28.9 Å². The number of nitrogens with zero attached hydrogens (tertiary/aromatic N) is 5. The number of hydrogen-bond acceptors (Lipinski definition) is 4. The molecule has 0 N–H and O–H groups in total. The Kier molecular flexibility index (Phi) is 5.65. The summed E-state index contributed by atoms with van der Waals surface area (Å²) in [7, 11) is 0. The summed E-state index contributed by atoms with van der Waals surface area (Å²) >= 11 is 5.72. The van der Waals surface area contributed by atoms with Crippen molar-refractivity contribution in [2.75, 3.05) is 0 Å². The van der Waals surface area contributed by atoms with E-state index in [1.165, 1.54) is 29.3 Å². The van der Waals surface area contributed by atoms with Gasteiger partial charge in [-0.2, -0.15) is 0 Å². The summed E-state index contributed by atoms with van der Waals surface area (Å²) in [5.41, 5.74) is 2.24. The van der Waals surface area contributed by atoms with E-state index in [2.05, 4.69) is 27.6 Å². The van der Waals surface area contributed by atoms with Gasteiger partial charge >= 0.3 is 0 Å². The number of benzene rings is 1. The van der Waals surface area contributed by atoms with Gasteiger partial charge in [-0.15, -0.1) is 5.10 Å². The summed E-state index contributed by atoms with van der Waals surface area (Å²) in [6.07, 6.45) is 4.63. The molecule has 0 bridgehead atoms. The zero-order chi connectivity index (χ0) is 23.1. The first-order valence-corrected chi connectivity index (χ1v) is 10.9. The summed E-state index contributed by atoms with van der Waals surface area (Å²) in [4.78, 5) is 17.1. The second kappa shape index (κ2) is 8.62. The number of imidazole rings is 1. The third-order valence-electron chi connectivity index (χ3n) is 5.79. The van der Waals surface area contributed by atoms with E-state index in [0.29, 0.717) is 12.5 Å². The van der Waals surface area contributed by atoms with Gasteiger partial charge in [0.05, 0.1) is 23.5 Å². The minimum atomic E-state index is -2.87. The predicted octanol–water partition coefficient (Wildman–Crippen LogP) is 5.40. The molecule has 0 spiro atoms. The molecule has 0 saturated heterocycles.